The summed E-state index contributed by atoms with van der Waals surface area (Å²) in [4.78, 5) is 12.0. The number of rotatable bonds is 1. The minimum atomic E-state index is -0.777. The van der Waals surface area contributed by atoms with Gasteiger partial charge in [-0.05, 0) is 26.0 Å². The van der Waals surface area contributed by atoms with Gasteiger partial charge in [0.25, 0.3) is 5.56 Å². The minimum absolute atomic E-state index is 0.0813. The van der Waals surface area contributed by atoms with Gasteiger partial charge in [-0.15, -0.1) is 0 Å². The van der Waals surface area contributed by atoms with E-state index >= 15 is 0 Å². The first-order valence-corrected chi connectivity index (χ1v) is 5.36. The van der Waals surface area contributed by atoms with Crippen molar-refractivity contribution in [1.29, 1.82) is 5.26 Å². The quantitative estimate of drug-likeness (QED) is 0.737. The molecule has 0 radical (unpaired) electrons. The van der Waals surface area contributed by atoms with Crippen molar-refractivity contribution >= 4 is 21.6 Å². The molecule has 0 aliphatic carbocycles. The number of nitriles is 1. The molecular weight excluding hydrogens is 208 g/mol. The number of aromatic nitrogens is 1. The van der Waals surface area contributed by atoms with Crippen LogP contribution in [-0.4, -0.2) is 3.96 Å². The highest BCUT2D eigenvalue weighted by atomic mass is 32.1. The van der Waals surface area contributed by atoms with Gasteiger partial charge >= 0.3 is 0 Å². The minimum Gasteiger partial charge on any atom is -0.268 e. The van der Waals surface area contributed by atoms with Crippen molar-refractivity contribution in [2.24, 2.45) is 0 Å². The van der Waals surface area contributed by atoms with Gasteiger partial charge in [-0.2, -0.15) is 5.26 Å². The van der Waals surface area contributed by atoms with Gasteiger partial charge in [0.2, 0.25) is 0 Å². The highest BCUT2D eigenvalue weighted by Crippen LogP contribution is 2.22. The number of benzene rings is 1. The monoisotopic (exact) mass is 218 g/mol. The Bertz CT molecular complexity index is 601. The summed E-state index contributed by atoms with van der Waals surface area (Å²) in [5.41, 5.74) is -0.858. The van der Waals surface area contributed by atoms with Crippen molar-refractivity contribution in [3.63, 3.8) is 0 Å². The molecule has 0 atom stereocenters. The lowest BCUT2D eigenvalue weighted by molar-refractivity contribution is 0.496. The van der Waals surface area contributed by atoms with E-state index in [1.165, 1.54) is 15.5 Å². The Balaban J connectivity index is 2.81. The SMILES string of the molecule is CC(C)(C#N)n1sc2ccccc2c1=O. The van der Waals surface area contributed by atoms with Gasteiger partial charge in [0.1, 0.15) is 5.54 Å². The largest absolute Gasteiger partial charge is 0.270 e. The van der Waals surface area contributed by atoms with Crippen molar-refractivity contribution in [1.82, 2.24) is 3.96 Å². The molecule has 2 aromatic rings. The number of nitrogens with zero attached hydrogens (tertiary/aromatic N) is 2. The van der Waals surface area contributed by atoms with Crippen molar-refractivity contribution in [3.05, 3.63) is 34.6 Å². The summed E-state index contributed by atoms with van der Waals surface area (Å²) in [5, 5.41) is 9.68. The fourth-order valence-electron chi connectivity index (χ4n) is 1.39. The molecule has 0 N–H and O–H groups in total. The molecule has 1 aromatic carbocycles. The van der Waals surface area contributed by atoms with Crippen LogP contribution in [0.15, 0.2) is 29.1 Å². The molecule has 0 aliphatic heterocycles. The Morgan fingerprint density at radius 3 is 2.67 bits per heavy atom. The van der Waals surface area contributed by atoms with Gasteiger partial charge in [-0.1, -0.05) is 23.7 Å². The molecule has 1 heterocycles. The molecule has 0 fully saturated rings. The van der Waals surface area contributed by atoms with E-state index in [1.807, 2.05) is 18.2 Å². The van der Waals surface area contributed by atoms with E-state index in [9.17, 15) is 4.79 Å². The maximum Gasteiger partial charge on any atom is 0.270 e. The fourth-order valence-corrected chi connectivity index (χ4v) is 2.43. The molecule has 76 valence electrons. The zero-order chi connectivity index (χ0) is 11.1. The van der Waals surface area contributed by atoms with Crippen LogP contribution < -0.4 is 5.56 Å². The highest BCUT2D eigenvalue weighted by molar-refractivity contribution is 7.13. The van der Waals surface area contributed by atoms with Crippen LogP contribution in [0.2, 0.25) is 0 Å². The molecule has 0 aliphatic rings. The summed E-state index contributed by atoms with van der Waals surface area (Å²) >= 11 is 1.34. The first kappa shape index (κ1) is 9.94. The van der Waals surface area contributed by atoms with Crippen LogP contribution in [0.4, 0.5) is 0 Å². The molecule has 0 bridgehead atoms. The molecule has 0 saturated heterocycles. The molecule has 2 rings (SSSR count). The Kier molecular flexibility index (Phi) is 2.13. The average molecular weight is 218 g/mol. The summed E-state index contributed by atoms with van der Waals surface area (Å²) in [5.74, 6) is 0. The van der Waals surface area contributed by atoms with E-state index in [2.05, 4.69) is 6.07 Å². The summed E-state index contributed by atoms with van der Waals surface area (Å²) in [6, 6.07) is 9.54. The Morgan fingerprint density at radius 1 is 1.40 bits per heavy atom. The molecular formula is C11H10N2OS. The Labute approximate surface area is 91.3 Å². The average Bonchev–Trinajstić information content (AvgIpc) is 2.58. The molecule has 4 heteroatoms. The maximum atomic E-state index is 12.0. The van der Waals surface area contributed by atoms with Gasteiger partial charge < -0.3 is 0 Å². The van der Waals surface area contributed by atoms with Gasteiger partial charge in [0.05, 0.1) is 16.2 Å². The molecule has 0 unspecified atom stereocenters. The smallest absolute Gasteiger partial charge is 0.268 e. The maximum absolute atomic E-state index is 12.0. The van der Waals surface area contributed by atoms with Crippen LogP contribution >= 0.6 is 11.5 Å². The second kappa shape index (κ2) is 3.21. The van der Waals surface area contributed by atoms with Crippen LogP contribution in [0.3, 0.4) is 0 Å². The topological polar surface area (TPSA) is 45.8 Å². The molecule has 15 heavy (non-hydrogen) atoms. The first-order chi connectivity index (χ1) is 7.06. The zero-order valence-electron chi connectivity index (χ0n) is 8.52. The number of hydrogen-bond acceptors (Lipinski definition) is 3. The second-order valence-corrected chi connectivity index (χ2v) is 4.85. The molecule has 0 amide bonds. The predicted molar refractivity (Wildman–Crippen MR) is 61.0 cm³/mol. The van der Waals surface area contributed by atoms with Crippen LogP contribution in [0.1, 0.15) is 13.8 Å². The lowest BCUT2D eigenvalue weighted by Gasteiger charge is -2.14. The zero-order valence-corrected chi connectivity index (χ0v) is 9.34. The van der Waals surface area contributed by atoms with Crippen LogP contribution in [0.5, 0.6) is 0 Å². The summed E-state index contributed by atoms with van der Waals surface area (Å²) < 4.78 is 2.45. The van der Waals surface area contributed by atoms with Crippen molar-refractivity contribution in [3.8, 4) is 6.07 Å². The van der Waals surface area contributed by atoms with E-state index in [4.69, 9.17) is 5.26 Å². The van der Waals surface area contributed by atoms with E-state index in [-0.39, 0.29) is 5.56 Å². The summed E-state index contributed by atoms with van der Waals surface area (Å²) in [6.45, 7) is 3.48. The van der Waals surface area contributed by atoms with Gasteiger partial charge in [-0.3, -0.25) is 4.79 Å². The number of hydrogen-bond donors (Lipinski definition) is 0. The van der Waals surface area contributed by atoms with Crippen molar-refractivity contribution in [2.45, 2.75) is 19.4 Å². The molecule has 0 spiro atoms. The number of fused-ring (bicyclic) bond motifs is 1. The van der Waals surface area contributed by atoms with Crippen molar-refractivity contribution < 1.29 is 0 Å². The van der Waals surface area contributed by atoms with E-state index in [0.717, 1.165) is 4.70 Å². The van der Waals surface area contributed by atoms with E-state index in [1.54, 1.807) is 19.9 Å². The third kappa shape index (κ3) is 1.45. The Morgan fingerprint density at radius 2 is 2.07 bits per heavy atom. The molecule has 0 saturated carbocycles. The first-order valence-electron chi connectivity index (χ1n) is 4.59. The molecule has 1 aromatic heterocycles. The summed E-state index contributed by atoms with van der Waals surface area (Å²) in [6.07, 6.45) is 0. The third-order valence-electron chi connectivity index (χ3n) is 2.27. The van der Waals surface area contributed by atoms with Crippen LogP contribution in [0, 0.1) is 11.3 Å². The van der Waals surface area contributed by atoms with Crippen molar-refractivity contribution in [2.75, 3.05) is 0 Å². The van der Waals surface area contributed by atoms with Gasteiger partial charge in [-0.25, -0.2) is 3.96 Å². The van der Waals surface area contributed by atoms with Crippen LogP contribution in [-0.2, 0) is 5.54 Å². The lowest BCUT2D eigenvalue weighted by atomic mass is 10.1. The van der Waals surface area contributed by atoms with Gasteiger partial charge in [0, 0.05) is 0 Å². The molecule has 3 nitrogen and oxygen atoms in total. The summed E-state index contributed by atoms with van der Waals surface area (Å²) in [7, 11) is 0. The predicted octanol–water partition coefficient (Wildman–Crippen LogP) is 2.32. The third-order valence-corrected chi connectivity index (χ3v) is 3.63. The standard InChI is InChI=1S/C11H10N2OS/c1-11(2,7-12)13-10(14)8-5-3-4-6-9(8)15-13/h3-6H,1-2H3. The van der Waals surface area contributed by atoms with E-state index < -0.39 is 5.54 Å². The lowest BCUT2D eigenvalue weighted by Crippen LogP contribution is -2.30. The fraction of sp³-hybridized carbons (Fsp3) is 0.273. The second-order valence-electron chi connectivity index (χ2n) is 3.86. The van der Waals surface area contributed by atoms with Gasteiger partial charge in [0.15, 0.2) is 0 Å². The Hall–Kier alpha value is -1.60. The van der Waals surface area contributed by atoms with Crippen LogP contribution in [0.25, 0.3) is 10.1 Å². The highest BCUT2D eigenvalue weighted by Gasteiger charge is 2.23. The van der Waals surface area contributed by atoms with E-state index in [0.29, 0.717) is 5.39 Å². The normalized spacial score (nSPS) is 11.5.